The molecule has 0 radical (unpaired) electrons. The summed E-state index contributed by atoms with van der Waals surface area (Å²) >= 11 is 0. The topological polar surface area (TPSA) is 65.0 Å². The highest BCUT2D eigenvalue weighted by Gasteiger charge is 2.29. The van der Waals surface area contributed by atoms with Crippen LogP contribution in [0.4, 0.5) is 0 Å². The van der Waals surface area contributed by atoms with Crippen molar-refractivity contribution in [1.29, 1.82) is 0 Å². The van der Waals surface area contributed by atoms with Crippen LogP contribution in [-0.2, 0) is 19.0 Å². The van der Waals surface area contributed by atoms with E-state index in [4.69, 9.17) is 19.3 Å². The first-order valence-corrected chi connectivity index (χ1v) is 6.72. The molecule has 0 saturated carbocycles. The van der Waals surface area contributed by atoms with Gasteiger partial charge < -0.3 is 19.3 Å². The average Bonchev–Trinajstić information content (AvgIpc) is 2.42. The summed E-state index contributed by atoms with van der Waals surface area (Å²) in [6.45, 7) is 3.77. The van der Waals surface area contributed by atoms with Crippen LogP contribution in [0.1, 0.15) is 26.2 Å². The summed E-state index contributed by atoms with van der Waals surface area (Å²) < 4.78 is 16.8. The Morgan fingerprint density at radius 3 is 3.16 bits per heavy atom. The molecule has 1 heterocycles. The number of hydrogen-bond donors (Lipinski definition) is 1. The van der Waals surface area contributed by atoms with Gasteiger partial charge in [0.15, 0.2) is 11.9 Å². The van der Waals surface area contributed by atoms with Gasteiger partial charge in [0, 0.05) is 13.0 Å². The fourth-order valence-corrected chi connectivity index (χ4v) is 2.03. The molecule has 106 valence electrons. The van der Waals surface area contributed by atoms with Crippen molar-refractivity contribution in [3.63, 3.8) is 0 Å². The van der Waals surface area contributed by atoms with E-state index in [0.717, 1.165) is 19.4 Å². The predicted molar refractivity (Wildman–Crippen MR) is 68.5 cm³/mol. The van der Waals surface area contributed by atoms with E-state index in [1.54, 1.807) is 12.2 Å². The van der Waals surface area contributed by atoms with E-state index in [2.05, 4.69) is 6.92 Å². The second-order valence-electron chi connectivity index (χ2n) is 4.77. The molecule has 1 aliphatic heterocycles. The van der Waals surface area contributed by atoms with Gasteiger partial charge in [-0.2, -0.15) is 0 Å². The molecule has 1 N–H and O–H groups in total. The molecule has 0 saturated heterocycles. The number of carboxylic acids is 1. The molecule has 2 atom stereocenters. The maximum atomic E-state index is 11.0. The van der Waals surface area contributed by atoms with Gasteiger partial charge in [0.05, 0.1) is 12.5 Å². The monoisotopic (exact) mass is 268 g/mol. The Hall–Kier alpha value is -1.49. The maximum absolute atomic E-state index is 11.0. The lowest BCUT2D eigenvalue weighted by Crippen LogP contribution is -2.32. The van der Waals surface area contributed by atoms with E-state index < -0.39 is 11.9 Å². The molecule has 19 heavy (non-hydrogen) atoms. The van der Waals surface area contributed by atoms with Crippen LogP contribution in [0.15, 0.2) is 23.7 Å². The number of aliphatic carboxylic acids is 1. The predicted octanol–water partition coefficient (Wildman–Crippen LogP) is 2.09. The Morgan fingerprint density at radius 1 is 1.58 bits per heavy atom. The molecule has 0 aromatic rings. The lowest BCUT2D eigenvalue weighted by atomic mass is 9.98. The van der Waals surface area contributed by atoms with Crippen molar-refractivity contribution in [1.82, 2.24) is 0 Å². The van der Waals surface area contributed by atoms with Crippen LogP contribution < -0.4 is 0 Å². The van der Waals surface area contributed by atoms with Crippen molar-refractivity contribution in [2.75, 3.05) is 19.8 Å². The van der Waals surface area contributed by atoms with Crippen molar-refractivity contribution in [2.45, 2.75) is 32.3 Å². The summed E-state index contributed by atoms with van der Waals surface area (Å²) in [5, 5.41) is 9.00. The molecule has 0 amide bonds. The Kier molecular flexibility index (Phi) is 4.85. The zero-order valence-electron chi connectivity index (χ0n) is 11.1. The second-order valence-corrected chi connectivity index (χ2v) is 4.77. The lowest BCUT2D eigenvalue weighted by molar-refractivity contribution is -0.140. The van der Waals surface area contributed by atoms with E-state index in [1.807, 2.05) is 0 Å². The van der Waals surface area contributed by atoms with Crippen molar-refractivity contribution < 1.29 is 24.1 Å². The SMILES string of the molecule is CCCCOCC1COC2=C(CC(C(=O)O)C=C2)O1. The zero-order chi connectivity index (χ0) is 13.7. The molecule has 5 nitrogen and oxygen atoms in total. The van der Waals surface area contributed by atoms with Gasteiger partial charge >= 0.3 is 5.97 Å². The molecule has 0 spiro atoms. The Morgan fingerprint density at radius 2 is 2.42 bits per heavy atom. The van der Waals surface area contributed by atoms with Crippen molar-refractivity contribution in [3.8, 4) is 0 Å². The van der Waals surface area contributed by atoms with Gasteiger partial charge in [-0.1, -0.05) is 19.4 Å². The number of allylic oxidation sites excluding steroid dienone is 2. The molecule has 0 fully saturated rings. The van der Waals surface area contributed by atoms with Gasteiger partial charge in [-0.05, 0) is 12.5 Å². The van der Waals surface area contributed by atoms with Gasteiger partial charge in [0.1, 0.15) is 12.4 Å². The number of hydrogen-bond acceptors (Lipinski definition) is 4. The molecule has 0 aromatic carbocycles. The van der Waals surface area contributed by atoms with Crippen LogP contribution in [0.5, 0.6) is 0 Å². The van der Waals surface area contributed by atoms with Gasteiger partial charge in [-0.15, -0.1) is 0 Å². The number of carboxylic acid groups (broad SMARTS) is 1. The first-order valence-electron chi connectivity index (χ1n) is 6.72. The number of unbranched alkanes of at least 4 members (excludes halogenated alkanes) is 1. The molecule has 2 unspecified atom stereocenters. The summed E-state index contributed by atoms with van der Waals surface area (Å²) in [6, 6.07) is 0. The largest absolute Gasteiger partial charge is 0.486 e. The van der Waals surface area contributed by atoms with E-state index in [-0.39, 0.29) is 6.10 Å². The third-order valence-electron chi connectivity index (χ3n) is 3.16. The summed E-state index contributed by atoms with van der Waals surface area (Å²) in [5.41, 5.74) is 0. The van der Waals surface area contributed by atoms with Crippen LogP contribution >= 0.6 is 0 Å². The Balaban J connectivity index is 1.83. The average molecular weight is 268 g/mol. The summed E-state index contributed by atoms with van der Waals surface area (Å²) in [6.07, 6.45) is 5.67. The Bertz CT molecular complexity index is 385. The fourth-order valence-electron chi connectivity index (χ4n) is 2.03. The van der Waals surface area contributed by atoms with Gasteiger partial charge in [-0.25, -0.2) is 0 Å². The third kappa shape index (κ3) is 3.73. The molecule has 2 aliphatic rings. The molecule has 5 heteroatoms. The second kappa shape index (κ2) is 6.61. The van der Waals surface area contributed by atoms with Crippen LogP contribution in [-0.4, -0.2) is 37.0 Å². The van der Waals surface area contributed by atoms with Crippen molar-refractivity contribution in [2.24, 2.45) is 5.92 Å². The first kappa shape index (κ1) is 13.9. The summed E-state index contributed by atoms with van der Waals surface area (Å²) in [4.78, 5) is 11.0. The highest BCUT2D eigenvalue weighted by atomic mass is 16.6. The van der Waals surface area contributed by atoms with E-state index in [1.165, 1.54) is 0 Å². The van der Waals surface area contributed by atoms with E-state index in [9.17, 15) is 4.79 Å². The minimum atomic E-state index is -0.840. The van der Waals surface area contributed by atoms with Gasteiger partial charge in [0.25, 0.3) is 0 Å². The zero-order valence-corrected chi connectivity index (χ0v) is 11.1. The number of rotatable bonds is 6. The van der Waals surface area contributed by atoms with E-state index in [0.29, 0.717) is 31.2 Å². The summed E-state index contributed by atoms with van der Waals surface area (Å²) in [5.74, 6) is -0.0811. The smallest absolute Gasteiger partial charge is 0.310 e. The lowest BCUT2D eigenvalue weighted by Gasteiger charge is -2.30. The van der Waals surface area contributed by atoms with Crippen LogP contribution in [0.3, 0.4) is 0 Å². The van der Waals surface area contributed by atoms with Gasteiger partial charge in [0.2, 0.25) is 0 Å². The highest BCUT2D eigenvalue weighted by Crippen LogP contribution is 2.29. The van der Waals surface area contributed by atoms with Crippen LogP contribution in [0, 0.1) is 5.92 Å². The molecular weight excluding hydrogens is 248 g/mol. The summed E-state index contributed by atoms with van der Waals surface area (Å²) in [7, 11) is 0. The molecular formula is C14H20O5. The van der Waals surface area contributed by atoms with Gasteiger partial charge in [-0.3, -0.25) is 4.79 Å². The van der Waals surface area contributed by atoms with Crippen molar-refractivity contribution in [3.05, 3.63) is 23.7 Å². The van der Waals surface area contributed by atoms with Crippen molar-refractivity contribution >= 4 is 5.97 Å². The van der Waals surface area contributed by atoms with Crippen LogP contribution in [0.2, 0.25) is 0 Å². The minimum absolute atomic E-state index is 0.142. The Labute approximate surface area is 112 Å². The first-order chi connectivity index (χ1) is 9.20. The fraction of sp³-hybridized carbons (Fsp3) is 0.643. The molecule has 0 aromatic heterocycles. The molecule has 1 aliphatic carbocycles. The number of carbonyl (C=O) groups is 1. The molecule has 0 bridgehead atoms. The number of ether oxygens (including phenoxy) is 3. The quantitative estimate of drug-likeness (QED) is 0.747. The molecule has 2 rings (SSSR count). The van der Waals surface area contributed by atoms with E-state index >= 15 is 0 Å². The maximum Gasteiger partial charge on any atom is 0.310 e. The highest BCUT2D eigenvalue weighted by molar-refractivity contribution is 5.73. The normalized spacial score (nSPS) is 25.5. The third-order valence-corrected chi connectivity index (χ3v) is 3.16. The minimum Gasteiger partial charge on any atom is -0.486 e. The standard InChI is InChI=1S/C14H20O5/c1-2-3-6-17-8-11-9-18-12-5-4-10(14(15)16)7-13(12)19-11/h4-5,10-11H,2-3,6-9H2,1H3,(H,15,16). The van der Waals surface area contributed by atoms with Crippen LogP contribution in [0.25, 0.3) is 0 Å².